The largest absolute Gasteiger partial charge is 0.464 e. The van der Waals surface area contributed by atoms with E-state index in [1.54, 1.807) is 11.3 Å². The molecule has 2 heterocycles. The summed E-state index contributed by atoms with van der Waals surface area (Å²) in [5, 5.41) is 12.4. The molecule has 2 aromatic rings. The molecule has 0 radical (unpaired) electrons. The number of thiophene rings is 1. The Labute approximate surface area is 153 Å². The van der Waals surface area contributed by atoms with E-state index in [4.69, 9.17) is 9.15 Å². The minimum atomic E-state index is -0.460. The Morgan fingerprint density at radius 3 is 2.88 bits per heavy atom. The van der Waals surface area contributed by atoms with Crippen molar-refractivity contribution in [2.24, 2.45) is 5.92 Å². The van der Waals surface area contributed by atoms with Crippen LogP contribution < -0.4 is 0 Å². The van der Waals surface area contributed by atoms with Gasteiger partial charge in [-0.3, -0.25) is 4.90 Å². The lowest BCUT2D eigenvalue weighted by Gasteiger charge is -2.24. The van der Waals surface area contributed by atoms with Gasteiger partial charge in [-0.05, 0) is 48.8 Å². The third-order valence-corrected chi connectivity index (χ3v) is 6.01. The van der Waals surface area contributed by atoms with Crippen molar-refractivity contribution in [3.05, 3.63) is 46.0 Å². The van der Waals surface area contributed by atoms with E-state index in [-0.39, 0.29) is 0 Å². The van der Waals surface area contributed by atoms with Crippen LogP contribution in [-0.2, 0) is 17.9 Å². The van der Waals surface area contributed by atoms with Crippen LogP contribution in [0.3, 0.4) is 0 Å². The summed E-state index contributed by atoms with van der Waals surface area (Å²) in [7, 11) is 0. The number of aliphatic hydroxyl groups is 1. The van der Waals surface area contributed by atoms with Gasteiger partial charge < -0.3 is 14.3 Å². The molecule has 0 bridgehead atoms. The number of hydrogen-bond donors (Lipinski definition) is 1. The lowest BCUT2D eigenvalue weighted by molar-refractivity contribution is 0.00675. The van der Waals surface area contributed by atoms with Crippen LogP contribution in [0.25, 0.3) is 0 Å². The summed E-state index contributed by atoms with van der Waals surface area (Å²) in [6.07, 6.45) is 3.23. The van der Waals surface area contributed by atoms with E-state index >= 15 is 0 Å². The van der Waals surface area contributed by atoms with Crippen LogP contribution in [-0.4, -0.2) is 35.3 Å². The van der Waals surface area contributed by atoms with Crippen molar-refractivity contribution in [3.63, 3.8) is 0 Å². The average molecular weight is 362 g/mol. The lowest BCUT2D eigenvalue weighted by atomic mass is 10.2. The molecule has 136 valence electrons. The molecule has 0 amide bonds. The van der Waals surface area contributed by atoms with Crippen LogP contribution in [0, 0.1) is 5.92 Å². The summed E-state index contributed by atoms with van der Waals surface area (Å²) in [5.41, 5.74) is 0. The lowest BCUT2D eigenvalue weighted by Crippen LogP contribution is -2.36. The molecule has 1 N–H and O–H groups in total. The molecule has 4 rings (SSSR count). The molecule has 2 saturated carbocycles. The van der Waals surface area contributed by atoms with E-state index in [1.165, 1.54) is 24.1 Å². The fraction of sp³-hybridized carbons (Fsp3) is 0.600. The summed E-state index contributed by atoms with van der Waals surface area (Å²) in [6, 6.07) is 8.91. The third kappa shape index (κ3) is 4.73. The first kappa shape index (κ1) is 17.3. The predicted octanol–water partition coefficient (Wildman–Crippen LogP) is 4.01. The minimum absolute atomic E-state index is 0.379. The quantitative estimate of drug-likeness (QED) is 0.695. The molecule has 2 aliphatic rings. The molecule has 4 nitrogen and oxygen atoms in total. The van der Waals surface area contributed by atoms with Gasteiger partial charge in [0, 0.05) is 23.4 Å². The van der Waals surface area contributed by atoms with Gasteiger partial charge in [0.05, 0.1) is 25.9 Å². The maximum Gasteiger partial charge on any atom is 0.118 e. The van der Waals surface area contributed by atoms with Gasteiger partial charge in [0.15, 0.2) is 0 Å². The first-order chi connectivity index (χ1) is 12.2. The Morgan fingerprint density at radius 2 is 2.20 bits per heavy atom. The predicted molar refractivity (Wildman–Crippen MR) is 98.6 cm³/mol. The van der Waals surface area contributed by atoms with Crippen molar-refractivity contribution in [1.29, 1.82) is 0 Å². The van der Waals surface area contributed by atoms with Crippen LogP contribution in [0.5, 0.6) is 0 Å². The molecular formula is C20H27NO3S. The fourth-order valence-corrected chi connectivity index (χ4v) is 4.03. The van der Waals surface area contributed by atoms with Gasteiger partial charge in [0.1, 0.15) is 11.5 Å². The summed E-state index contributed by atoms with van der Waals surface area (Å²) in [4.78, 5) is 3.54. The molecule has 25 heavy (non-hydrogen) atoms. The molecule has 0 saturated heterocycles. The van der Waals surface area contributed by atoms with E-state index in [2.05, 4.69) is 30.0 Å². The highest BCUT2D eigenvalue weighted by Crippen LogP contribution is 2.47. The van der Waals surface area contributed by atoms with Gasteiger partial charge in [-0.1, -0.05) is 13.0 Å². The van der Waals surface area contributed by atoms with Crippen LogP contribution in [0.4, 0.5) is 0 Å². The van der Waals surface area contributed by atoms with Gasteiger partial charge in [-0.25, -0.2) is 0 Å². The maximum atomic E-state index is 10.3. The summed E-state index contributed by atoms with van der Waals surface area (Å²) < 4.78 is 11.7. The molecular weight excluding hydrogens is 334 g/mol. The molecule has 2 fully saturated rings. The molecule has 2 aliphatic carbocycles. The zero-order valence-corrected chi connectivity index (χ0v) is 15.6. The van der Waals surface area contributed by atoms with Gasteiger partial charge in [-0.2, -0.15) is 0 Å². The number of nitrogens with zero attached hydrogens (tertiary/aromatic N) is 1. The third-order valence-electron chi connectivity index (χ3n) is 5.16. The second kappa shape index (κ2) is 7.62. The second-order valence-corrected chi connectivity index (χ2v) is 8.56. The first-order valence-electron chi connectivity index (χ1n) is 9.30. The molecule has 2 aromatic heterocycles. The standard InChI is InChI=1S/C20H27NO3S/c1-14-9-19(14)20-7-6-17(24-20)11-21(15-4-5-15)10-16(22)12-23-13-18-3-2-8-25-18/h2-3,6-8,14-16,19,22H,4-5,9-13H2,1H3. The van der Waals surface area contributed by atoms with Crippen LogP contribution in [0.2, 0.25) is 0 Å². The number of rotatable bonds is 10. The van der Waals surface area contributed by atoms with Crippen molar-refractivity contribution in [2.45, 2.75) is 57.4 Å². The zero-order chi connectivity index (χ0) is 17.2. The van der Waals surface area contributed by atoms with Crippen molar-refractivity contribution in [3.8, 4) is 0 Å². The Morgan fingerprint density at radius 1 is 1.36 bits per heavy atom. The van der Waals surface area contributed by atoms with Gasteiger partial charge in [0.2, 0.25) is 0 Å². The number of aliphatic hydroxyl groups excluding tert-OH is 1. The van der Waals surface area contributed by atoms with E-state index in [9.17, 15) is 5.11 Å². The number of furan rings is 1. The molecule has 3 atom stereocenters. The van der Waals surface area contributed by atoms with E-state index in [0.29, 0.717) is 31.7 Å². The van der Waals surface area contributed by atoms with E-state index in [0.717, 1.165) is 24.0 Å². The van der Waals surface area contributed by atoms with Gasteiger partial charge in [-0.15, -0.1) is 11.3 Å². The van der Waals surface area contributed by atoms with Gasteiger partial charge >= 0.3 is 0 Å². The summed E-state index contributed by atoms with van der Waals surface area (Å²) in [5.74, 6) is 3.55. The van der Waals surface area contributed by atoms with Crippen LogP contribution in [0.15, 0.2) is 34.1 Å². The number of ether oxygens (including phenoxy) is 1. The second-order valence-electron chi connectivity index (χ2n) is 7.53. The van der Waals surface area contributed by atoms with E-state index in [1.807, 2.05) is 11.4 Å². The number of hydrogen-bond acceptors (Lipinski definition) is 5. The van der Waals surface area contributed by atoms with Crippen LogP contribution >= 0.6 is 11.3 Å². The molecule has 0 aromatic carbocycles. The van der Waals surface area contributed by atoms with Crippen LogP contribution in [0.1, 0.15) is 48.5 Å². The topological polar surface area (TPSA) is 45.8 Å². The minimum Gasteiger partial charge on any atom is -0.464 e. The first-order valence-corrected chi connectivity index (χ1v) is 10.2. The molecule has 0 aliphatic heterocycles. The Bertz CT molecular complexity index is 664. The fourth-order valence-electron chi connectivity index (χ4n) is 3.39. The van der Waals surface area contributed by atoms with Gasteiger partial charge in [0.25, 0.3) is 0 Å². The Hall–Kier alpha value is -1.14. The zero-order valence-electron chi connectivity index (χ0n) is 14.8. The average Bonchev–Trinajstić information content (AvgIpc) is 3.45. The Balaban J connectivity index is 1.25. The molecule has 3 unspecified atom stereocenters. The van der Waals surface area contributed by atoms with Crippen molar-refractivity contribution in [2.75, 3.05) is 13.2 Å². The summed E-state index contributed by atoms with van der Waals surface area (Å²) in [6.45, 7) is 4.66. The van der Waals surface area contributed by atoms with Crippen molar-refractivity contribution < 1.29 is 14.3 Å². The normalized spacial score (nSPS) is 24.0. The van der Waals surface area contributed by atoms with Crippen molar-refractivity contribution >= 4 is 11.3 Å². The highest BCUT2D eigenvalue weighted by molar-refractivity contribution is 7.09. The maximum absolute atomic E-state index is 10.3. The van der Waals surface area contributed by atoms with E-state index < -0.39 is 6.10 Å². The Kier molecular flexibility index (Phi) is 5.27. The highest BCUT2D eigenvalue weighted by Gasteiger charge is 2.37. The summed E-state index contributed by atoms with van der Waals surface area (Å²) >= 11 is 1.69. The molecule has 5 heteroatoms. The monoisotopic (exact) mass is 361 g/mol. The smallest absolute Gasteiger partial charge is 0.118 e. The highest BCUT2D eigenvalue weighted by atomic mass is 32.1. The van der Waals surface area contributed by atoms with Crippen molar-refractivity contribution in [1.82, 2.24) is 4.90 Å². The SMILES string of the molecule is CC1CC1c1ccc(CN(CC(O)COCc2cccs2)C2CC2)o1. The molecule has 0 spiro atoms.